The van der Waals surface area contributed by atoms with Crippen LogP contribution in [0.2, 0.25) is 0 Å². The van der Waals surface area contributed by atoms with Crippen molar-refractivity contribution in [1.29, 1.82) is 0 Å². The molecular formula is C16H22F3NO. The molecule has 2 nitrogen and oxygen atoms in total. The standard InChI is InChI=1S/C16H22F3NO/c1-4-11(3)10-21-15-7-6-12(8-13(20)5-2)9-14(15)16(17,18)19/h6-7,9,13H,3-5,8,10,20H2,1-2H3. The van der Waals surface area contributed by atoms with Crippen LogP contribution in [0.1, 0.15) is 37.8 Å². The van der Waals surface area contributed by atoms with Gasteiger partial charge >= 0.3 is 6.18 Å². The van der Waals surface area contributed by atoms with Crippen molar-refractivity contribution in [3.63, 3.8) is 0 Å². The molecule has 0 aliphatic rings. The van der Waals surface area contributed by atoms with Gasteiger partial charge in [0.15, 0.2) is 0 Å². The van der Waals surface area contributed by atoms with Crippen molar-refractivity contribution in [3.8, 4) is 5.75 Å². The summed E-state index contributed by atoms with van der Waals surface area (Å²) < 4.78 is 44.6. The highest BCUT2D eigenvalue weighted by atomic mass is 19.4. The maximum atomic E-state index is 13.1. The van der Waals surface area contributed by atoms with Gasteiger partial charge in [0, 0.05) is 6.04 Å². The first-order valence-corrected chi connectivity index (χ1v) is 7.03. The smallest absolute Gasteiger partial charge is 0.419 e. The van der Waals surface area contributed by atoms with E-state index in [-0.39, 0.29) is 18.4 Å². The predicted octanol–water partition coefficient (Wildman–Crippen LogP) is 4.33. The van der Waals surface area contributed by atoms with Gasteiger partial charge in [-0.2, -0.15) is 13.2 Å². The fourth-order valence-corrected chi connectivity index (χ4v) is 1.78. The number of nitrogens with two attached hydrogens (primary N) is 1. The molecule has 1 unspecified atom stereocenters. The Hall–Kier alpha value is -1.49. The first-order chi connectivity index (χ1) is 9.77. The SMILES string of the molecule is C=C(CC)COc1ccc(CC(N)CC)cc1C(F)(F)F. The summed E-state index contributed by atoms with van der Waals surface area (Å²) in [5.41, 5.74) is 6.36. The Kier molecular flexibility index (Phi) is 6.27. The van der Waals surface area contributed by atoms with E-state index in [0.717, 1.165) is 18.1 Å². The summed E-state index contributed by atoms with van der Waals surface area (Å²) in [5.74, 6) is -0.161. The van der Waals surface area contributed by atoms with Crippen LogP contribution >= 0.6 is 0 Å². The van der Waals surface area contributed by atoms with Crippen molar-refractivity contribution in [2.45, 2.75) is 45.3 Å². The summed E-state index contributed by atoms with van der Waals surface area (Å²) in [7, 11) is 0. The van der Waals surface area contributed by atoms with E-state index in [9.17, 15) is 13.2 Å². The van der Waals surface area contributed by atoms with E-state index in [4.69, 9.17) is 10.5 Å². The number of hydrogen-bond donors (Lipinski definition) is 1. The van der Waals surface area contributed by atoms with Crippen LogP contribution in [0.15, 0.2) is 30.4 Å². The van der Waals surface area contributed by atoms with Crippen LogP contribution < -0.4 is 10.5 Å². The van der Waals surface area contributed by atoms with E-state index in [2.05, 4.69) is 6.58 Å². The summed E-state index contributed by atoms with van der Waals surface area (Å²) in [6.45, 7) is 7.60. The third-order valence-corrected chi connectivity index (χ3v) is 3.30. The van der Waals surface area contributed by atoms with Crippen molar-refractivity contribution >= 4 is 0 Å². The molecule has 0 saturated heterocycles. The first-order valence-electron chi connectivity index (χ1n) is 7.03. The Morgan fingerprint density at radius 1 is 1.33 bits per heavy atom. The molecule has 0 bridgehead atoms. The third kappa shape index (κ3) is 5.42. The minimum absolute atomic E-state index is 0.0907. The van der Waals surface area contributed by atoms with Crippen LogP contribution in [-0.2, 0) is 12.6 Å². The van der Waals surface area contributed by atoms with Crippen LogP contribution in [0.5, 0.6) is 5.75 Å². The molecule has 0 spiro atoms. The third-order valence-electron chi connectivity index (χ3n) is 3.30. The van der Waals surface area contributed by atoms with Gasteiger partial charge in [0.2, 0.25) is 0 Å². The molecule has 1 rings (SSSR count). The van der Waals surface area contributed by atoms with Crippen molar-refractivity contribution in [2.24, 2.45) is 5.73 Å². The zero-order chi connectivity index (χ0) is 16.0. The maximum absolute atomic E-state index is 13.1. The highest BCUT2D eigenvalue weighted by Crippen LogP contribution is 2.37. The number of halogens is 3. The molecule has 0 aliphatic heterocycles. The number of ether oxygens (including phenoxy) is 1. The normalized spacial score (nSPS) is 13.0. The molecule has 0 heterocycles. The van der Waals surface area contributed by atoms with Gasteiger partial charge in [-0.3, -0.25) is 0 Å². The lowest BCUT2D eigenvalue weighted by atomic mass is 10.0. The van der Waals surface area contributed by atoms with E-state index < -0.39 is 11.7 Å². The van der Waals surface area contributed by atoms with Crippen molar-refractivity contribution in [1.82, 2.24) is 0 Å². The second kappa shape index (κ2) is 7.50. The molecule has 1 aromatic carbocycles. The number of rotatable bonds is 7. The van der Waals surface area contributed by atoms with Gasteiger partial charge in [-0.1, -0.05) is 26.5 Å². The van der Waals surface area contributed by atoms with Gasteiger partial charge in [-0.15, -0.1) is 0 Å². The molecule has 0 amide bonds. The fourth-order valence-electron chi connectivity index (χ4n) is 1.78. The average molecular weight is 301 g/mol. The molecular weight excluding hydrogens is 279 g/mol. The molecule has 2 N–H and O–H groups in total. The second-order valence-corrected chi connectivity index (χ2v) is 5.09. The Labute approximate surface area is 123 Å². The van der Waals surface area contributed by atoms with Gasteiger partial charge in [0.1, 0.15) is 12.4 Å². The Balaban J connectivity index is 3.00. The Morgan fingerprint density at radius 2 is 2.00 bits per heavy atom. The van der Waals surface area contributed by atoms with Crippen LogP contribution in [0.3, 0.4) is 0 Å². The summed E-state index contributed by atoms with van der Waals surface area (Å²) >= 11 is 0. The van der Waals surface area contributed by atoms with E-state index >= 15 is 0 Å². The molecule has 0 radical (unpaired) electrons. The second-order valence-electron chi connectivity index (χ2n) is 5.09. The summed E-state index contributed by atoms with van der Waals surface area (Å²) in [4.78, 5) is 0. The van der Waals surface area contributed by atoms with E-state index in [1.54, 1.807) is 6.07 Å². The van der Waals surface area contributed by atoms with Gasteiger partial charge in [-0.05, 0) is 42.5 Å². The highest BCUT2D eigenvalue weighted by Gasteiger charge is 2.34. The van der Waals surface area contributed by atoms with Crippen LogP contribution in [0, 0.1) is 0 Å². The summed E-state index contributed by atoms with van der Waals surface area (Å²) in [6.07, 6.45) is -2.64. The van der Waals surface area contributed by atoms with E-state index in [1.807, 2.05) is 13.8 Å². The largest absolute Gasteiger partial charge is 0.489 e. The van der Waals surface area contributed by atoms with E-state index in [0.29, 0.717) is 18.4 Å². The fraction of sp³-hybridized carbons (Fsp3) is 0.500. The van der Waals surface area contributed by atoms with Gasteiger partial charge in [0.05, 0.1) is 5.56 Å². The maximum Gasteiger partial charge on any atom is 0.419 e. The minimum Gasteiger partial charge on any atom is -0.489 e. The molecule has 5 heteroatoms. The highest BCUT2D eigenvalue weighted by molar-refractivity contribution is 5.40. The molecule has 0 aliphatic carbocycles. The zero-order valence-electron chi connectivity index (χ0n) is 12.5. The lowest BCUT2D eigenvalue weighted by Gasteiger charge is -2.17. The topological polar surface area (TPSA) is 35.2 Å². The molecule has 0 saturated carbocycles. The van der Waals surface area contributed by atoms with Crippen molar-refractivity contribution < 1.29 is 17.9 Å². The number of hydrogen-bond acceptors (Lipinski definition) is 2. The number of benzene rings is 1. The molecule has 118 valence electrons. The monoisotopic (exact) mass is 301 g/mol. The Morgan fingerprint density at radius 3 is 2.52 bits per heavy atom. The summed E-state index contributed by atoms with van der Waals surface area (Å²) in [5, 5.41) is 0. The molecule has 1 atom stereocenters. The minimum atomic E-state index is -4.45. The number of alkyl halides is 3. The summed E-state index contributed by atoms with van der Waals surface area (Å²) in [6, 6.07) is 3.98. The molecule has 0 fully saturated rings. The van der Waals surface area contributed by atoms with Gasteiger partial charge in [0.25, 0.3) is 0 Å². The lowest BCUT2D eigenvalue weighted by molar-refractivity contribution is -0.138. The quantitative estimate of drug-likeness (QED) is 0.761. The molecule has 0 aromatic heterocycles. The van der Waals surface area contributed by atoms with Gasteiger partial charge in [-0.25, -0.2) is 0 Å². The average Bonchev–Trinajstić information content (AvgIpc) is 2.44. The first kappa shape index (κ1) is 17.6. The van der Waals surface area contributed by atoms with E-state index in [1.165, 1.54) is 6.07 Å². The predicted molar refractivity (Wildman–Crippen MR) is 78.3 cm³/mol. The molecule has 21 heavy (non-hydrogen) atoms. The lowest BCUT2D eigenvalue weighted by Crippen LogP contribution is -2.21. The van der Waals surface area contributed by atoms with Gasteiger partial charge < -0.3 is 10.5 Å². The van der Waals surface area contributed by atoms with Crippen LogP contribution in [-0.4, -0.2) is 12.6 Å². The molecule has 1 aromatic rings. The van der Waals surface area contributed by atoms with Crippen molar-refractivity contribution in [3.05, 3.63) is 41.5 Å². The van der Waals surface area contributed by atoms with Crippen molar-refractivity contribution in [2.75, 3.05) is 6.61 Å². The van der Waals surface area contributed by atoms with Crippen LogP contribution in [0.4, 0.5) is 13.2 Å². The zero-order valence-corrected chi connectivity index (χ0v) is 12.5. The van der Waals surface area contributed by atoms with Crippen LogP contribution in [0.25, 0.3) is 0 Å². The Bertz CT molecular complexity index is 483.